The van der Waals surface area contributed by atoms with E-state index in [1.165, 1.54) is 18.4 Å². The molecule has 6 nitrogen and oxygen atoms in total. The Morgan fingerprint density at radius 2 is 1.62 bits per heavy atom. The van der Waals surface area contributed by atoms with Crippen molar-refractivity contribution in [3.63, 3.8) is 0 Å². The second-order valence-electron chi connectivity index (χ2n) is 7.73. The number of urea groups is 1. The van der Waals surface area contributed by atoms with Gasteiger partial charge in [0, 0.05) is 19.1 Å². The molecule has 3 N–H and O–H groups in total. The molecule has 0 aliphatic carbocycles. The van der Waals surface area contributed by atoms with Gasteiger partial charge in [0.25, 0.3) is 5.91 Å². The van der Waals surface area contributed by atoms with E-state index in [2.05, 4.69) is 33.0 Å². The minimum atomic E-state index is -0.323. The molecule has 0 spiro atoms. The lowest BCUT2D eigenvalue weighted by Crippen LogP contribution is -2.35. The summed E-state index contributed by atoms with van der Waals surface area (Å²) in [5, 5.41) is 8.54. The van der Waals surface area contributed by atoms with Crippen LogP contribution in [-0.4, -0.2) is 36.0 Å². The fraction of sp³-hybridized carbons (Fsp3) is 0.391. The van der Waals surface area contributed by atoms with Crippen molar-refractivity contribution < 1.29 is 9.59 Å². The zero-order chi connectivity index (χ0) is 20.6. The van der Waals surface area contributed by atoms with Crippen molar-refractivity contribution in [2.24, 2.45) is 0 Å². The number of hydrogen-bond donors (Lipinski definition) is 3. The summed E-state index contributed by atoms with van der Waals surface area (Å²) in [5.41, 5.74) is 3.31. The van der Waals surface area contributed by atoms with E-state index in [9.17, 15) is 9.59 Å². The predicted molar refractivity (Wildman–Crippen MR) is 116 cm³/mol. The van der Waals surface area contributed by atoms with Gasteiger partial charge in [0.05, 0.1) is 11.3 Å². The van der Waals surface area contributed by atoms with Gasteiger partial charge in [0.1, 0.15) is 0 Å². The van der Waals surface area contributed by atoms with Crippen molar-refractivity contribution in [2.75, 3.05) is 18.4 Å². The van der Waals surface area contributed by atoms with Crippen LogP contribution in [0.3, 0.4) is 0 Å². The number of amides is 3. The lowest BCUT2D eigenvalue weighted by molar-refractivity contribution is 0.0951. The van der Waals surface area contributed by atoms with E-state index in [0.717, 1.165) is 25.2 Å². The van der Waals surface area contributed by atoms with Crippen LogP contribution in [0.2, 0.25) is 0 Å². The zero-order valence-corrected chi connectivity index (χ0v) is 17.2. The predicted octanol–water partition coefficient (Wildman–Crippen LogP) is 3.74. The first-order chi connectivity index (χ1) is 14.0. The summed E-state index contributed by atoms with van der Waals surface area (Å²) < 4.78 is 0. The fourth-order valence-corrected chi connectivity index (χ4v) is 3.55. The van der Waals surface area contributed by atoms with Crippen molar-refractivity contribution in [3.8, 4) is 0 Å². The number of likely N-dealkylation sites (tertiary alicyclic amines) is 1. The minimum absolute atomic E-state index is 0.0168. The molecule has 3 amide bonds. The maximum absolute atomic E-state index is 12.8. The van der Waals surface area contributed by atoms with Gasteiger partial charge < -0.3 is 16.0 Å². The van der Waals surface area contributed by atoms with Crippen molar-refractivity contribution in [3.05, 3.63) is 65.2 Å². The molecular formula is C23H30N4O2. The van der Waals surface area contributed by atoms with Crippen LogP contribution in [0.25, 0.3) is 0 Å². The van der Waals surface area contributed by atoms with Crippen LogP contribution < -0.4 is 16.0 Å². The third-order valence-electron chi connectivity index (χ3n) is 4.99. The highest BCUT2D eigenvalue weighted by atomic mass is 16.2. The smallest absolute Gasteiger partial charge is 0.319 e. The van der Waals surface area contributed by atoms with Crippen LogP contribution in [-0.2, 0) is 13.1 Å². The summed E-state index contributed by atoms with van der Waals surface area (Å²) in [7, 11) is 0. The SMILES string of the molecule is CC(C)NC(=O)Nc1ccccc1C(=O)NCc1ccccc1CN1CCCC1. The van der Waals surface area contributed by atoms with Gasteiger partial charge in [-0.2, -0.15) is 0 Å². The Morgan fingerprint density at radius 3 is 2.34 bits per heavy atom. The van der Waals surface area contributed by atoms with E-state index >= 15 is 0 Å². The molecule has 154 valence electrons. The Kier molecular flexibility index (Phi) is 7.25. The van der Waals surface area contributed by atoms with Gasteiger partial charge in [-0.05, 0) is 63.0 Å². The molecule has 29 heavy (non-hydrogen) atoms. The monoisotopic (exact) mass is 394 g/mol. The van der Waals surface area contributed by atoms with Gasteiger partial charge in [0.15, 0.2) is 0 Å². The molecule has 1 aliphatic rings. The van der Waals surface area contributed by atoms with Crippen LogP contribution >= 0.6 is 0 Å². The summed E-state index contributed by atoms with van der Waals surface area (Å²) in [4.78, 5) is 27.3. The molecule has 0 bridgehead atoms. The third kappa shape index (κ3) is 6.06. The summed E-state index contributed by atoms with van der Waals surface area (Å²) in [5.74, 6) is -0.207. The average Bonchev–Trinajstić information content (AvgIpc) is 3.20. The Bertz CT molecular complexity index is 844. The van der Waals surface area contributed by atoms with Crippen molar-refractivity contribution >= 4 is 17.6 Å². The summed E-state index contributed by atoms with van der Waals surface area (Å²) in [6, 6.07) is 15.0. The Hall–Kier alpha value is -2.86. The van der Waals surface area contributed by atoms with Crippen LogP contribution in [0.1, 0.15) is 48.2 Å². The Balaban J connectivity index is 1.65. The first-order valence-electron chi connectivity index (χ1n) is 10.3. The molecule has 1 fully saturated rings. The highest BCUT2D eigenvalue weighted by molar-refractivity contribution is 6.03. The largest absolute Gasteiger partial charge is 0.348 e. The maximum atomic E-state index is 12.8. The molecule has 0 aromatic heterocycles. The Morgan fingerprint density at radius 1 is 0.966 bits per heavy atom. The van der Waals surface area contributed by atoms with Gasteiger partial charge in [-0.3, -0.25) is 9.69 Å². The lowest BCUT2D eigenvalue weighted by Gasteiger charge is -2.18. The highest BCUT2D eigenvalue weighted by Gasteiger charge is 2.16. The van der Waals surface area contributed by atoms with E-state index in [0.29, 0.717) is 17.8 Å². The van der Waals surface area contributed by atoms with Gasteiger partial charge in [-0.1, -0.05) is 36.4 Å². The Labute approximate surface area is 172 Å². The summed E-state index contributed by atoms with van der Waals surface area (Å²) >= 11 is 0. The van der Waals surface area contributed by atoms with E-state index in [1.807, 2.05) is 26.0 Å². The van der Waals surface area contributed by atoms with E-state index in [4.69, 9.17) is 0 Å². The topological polar surface area (TPSA) is 73.5 Å². The van der Waals surface area contributed by atoms with E-state index in [-0.39, 0.29) is 18.0 Å². The number of hydrogen-bond acceptors (Lipinski definition) is 3. The molecule has 2 aromatic carbocycles. The quantitative estimate of drug-likeness (QED) is 0.670. The van der Waals surface area contributed by atoms with Crippen LogP contribution in [0.15, 0.2) is 48.5 Å². The molecule has 0 saturated carbocycles. The first kappa shape index (κ1) is 20.9. The number of anilines is 1. The number of carbonyl (C=O) groups excluding carboxylic acids is 2. The summed E-state index contributed by atoms with van der Waals surface area (Å²) in [6.45, 7) is 7.42. The van der Waals surface area contributed by atoms with Crippen LogP contribution in [0.4, 0.5) is 10.5 Å². The van der Waals surface area contributed by atoms with E-state index < -0.39 is 0 Å². The standard InChI is InChI=1S/C23H30N4O2/c1-17(2)25-23(29)26-21-12-6-5-11-20(21)22(28)24-15-18-9-3-4-10-19(18)16-27-13-7-8-14-27/h3-6,9-12,17H,7-8,13-16H2,1-2H3,(H,24,28)(H2,25,26,29). The van der Waals surface area contributed by atoms with Crippen LogP contribution in [0.5, 0.6) is 0 Å². The molecule has 0 unspecified atom stereocenters. The number of nitrogens with one attached hydrogen (secondary N) is 3. The van der Waals surface area contributed by atoms with Gasteiger partial charge in [-0.15, -0.1) is 0 Å². The average molecular weight is 395 g/mol. The molecule has 0 atom stereocenters. The fourth-order valence-electron chi connectivity index (χ4n) is 3.55. The van der Waals surface area contributed by atoms with Crippen LogP contribution in [0, 0.1) is 0 Å². The van der Waals surface area contributed by atoms with E-state index in [1.54, 1.807) is 24.3 Å². The highest BCUT2D eigenvalue weighted by Crippen LogP contribution is 2.18. The second-order valence-corrected chi connectivity index (χ2v) is 7.73. The molecule has 1 heterocycles. The number of nitrogens with zero attached hydrogens (tertiary/aromatic N) is 1. The minimum Gasteiger partial charge on any atom is -0.348 e. The molecule has 1 aliphatic heterocycles. The molecular weight excluding hydrogens is 364 g/mol. The maximum Gasteiger partial charge on any atom is 0.319 e. The molecule has 6 heteroatoms. The van der Waals surface area contributed by atoms with Crippen molar-refractivity contribution in [2.45, 2.75) is 45.8 Å². The summed E-state index contributed by atoms with van der Waals surface area (Å²) in [6.07, 6.45) is 2.51. The third-order valence-corrected chi connectivity index (χ3v) is 4.99. The number of benzene rings is 2. The zero-order valence-electron chi connectivity index (χ0n) is 17.2. The van der Waals surface area contributed by atoms with Crippen molar-refractivity contribution in [1.29, 1.82) is 0 Å². The second kappa shape index (κ2) is 10.1. The molecule has 1 saturated heterocycles. The van der Waals surface area contributed by atoms with Gasteiger partial charge in [-0.25, -0.2) is 4.79 Å². The molecule has 2 aromatic rings. The number of rotatable bonds is 7. The lowest BCUT2D eigenvalue weighted by atomic mass is 10.1. The first-order valence-corrected chi connectivity index (χ1v) is 10.3. The number of para-hydroxylation sites is 1. The normalized spacial score (nSPS) is 14.0. The van der Waals surface area contributed by atoms with Gasteiger partial charge in [0.2, 0.25) is 0 Å². The molecule has 0 radical (unpaired) electrons. The van der Waals surface area contributed by atoms with Gasteiger partial charge >= 0.3 is 6.03 Å². The van der Waals surface area contributed by atoms with Crippen molar-refractivity contribution in [1.82, 2.24) is 15.5 Å². The number of carbonyl (C=O) groups is 2. The molecule has 3 rings (SSSR count).